The van der Waals surface area contributed by atoms with Crippen molar-refractivity contribution in [2.45, 2.75) is 0 Å². The summed E-state index contributed by atoms with van der Waals surface area (Å²) in [5.74, 6) is 2.65. The summed E-state index contributed by atoms with van der Waals surface area (Å²) in [4.78, 5) is 0. The lowest BCUT2D eigenvalue weighted by Gasteiger charge is -2.17. The van der Waals surface area contributed by atoms with Crippen molar-refractivity contribution < 1.29 is 9.47 Å². The van der Waals surface area contributed by atoms with Crippen LogP contribution in [0, 0.1) is 0 Å². The lowest BCUT2D eigenvalue weighted by Crippen LogP contribution is -1.95. The molecule has 0 unspecified atom stereocenters. The molecule has 0 saturated carbocycles. The molecule has 0 spiro atoms. The number of rotatable bonds is 4. The minimum absolute atomic E-state index is 0.614. The second-order valence-electron chi connectivity index (χ2n) is 9.45. The van der Waals surface area contributed by atoms with Crippen molar-refractivity contribution in [3.63, 3.8) is 0 Å². The van der Waals surface area contributed by atoms with Gasteiger partial charge < -0.3 is 20.9 Å². The third-order valence-corrected chi connectivity index (χ3v) is 7.04. The van der Waals surface area contributed by atoms with Gasteiger partial charge in [-0.3, -0.25) is 0 Å². The molecule has 0 bridgehead atoms. The Morgan fingerprint density at radius 3 is 1.18 bits per heavy atom. The van der Waals surface area contributed by atoms with Gasteiger partial charge in [0.1, 0.15) is 11.5 Å². The van der Waals surface area contributed by atoms with E-state index in [0.29, 0.717) is 34.4 Å². The Morgan fingerprint density at radius 1 is 0.342 bits per heavy atom. The molecule has 0 radical (unpaired) electrons. The van der Waals surface area contributed by atoms with Crippen LogP contribution >= 0.6 is 0 Å². The first-order chi connectivity index (χ1) is 18.6. The fourth-order valence-electron chi connectivity index (χ4n) is 5.11. The van der Waals surface area contributed by atoms with Gasteiger partial charge in [0.25, 0.3) is 0 Å². The molecule has 4 N–H and O–H groups in total. The zero-order valence-corrected chi connectivity index (χ0v) is 20.5. The van der Waals surface area contributed by atoms with Gasteiger partial charge in [0, 0.05) is 32.9 Å². The molecule has 0 amide bonds. The zero-order chi connectivity index (χ0) is 25.6. The van der Waals surface area contributed by atoms with Gasteiger partial charge in [-0.1, -0.05) is 72.8 Å². The van der Waals surface area contributed by atoms with Crippen LogP contribution in [-0.2, 0) is 0 Å². The first kappa shape index (κ1) is 22.0. The van der Waals surface area contributed by atoms with Gasteiger partial charge in [-0.25, -0.2) is 0 Å². The monoisotopic (exact) mass is 492 g/mol. The molecular formula is C34H24N2O2. The van der Waals surface area contributed by atoms with Crippen molar-refractivity contribution in [3.05, 3.63) is 121 Å². The quantitative estimate of drug-likeness (QED) is 0.190. The summed E-state index contributed by atoms with van der Waals surface area (Å²) in [5, 5.41) is 8.24. The highest BCUT2D eigenvalue weighted by atomic mass is 16.5. The van der Waals surface area contributed by atoms with E-state index in [1.165, 1.54) is 10.8 Å². The Morgan fingerprint density at radius 2 is 0.737 bits per heavy atom. The number of fused-ring (bicyclic) bond motifs is 4. The van der Waals surface area contributed by atoms with Gasteiger partial charge >= 0.3 is 0 Å². The standard InChI is InChI=1S/C34H24N2O2/c35-29-13-15-31(27-11-5-3-9-25(27)29)37-33-19-23-17-21-7-1-2-8-22(21)18-24(23)20-34(33)38-32-16-14-30(36)26-10-4-6-12-28(26)32/h1-20H,35-36H2. The van der Waals surface area contributed by atoms with Crippen LogP contribution in [0.15, 0.2) is 121 Å². The fourth-order valence-corrected chi connectivity index (χ4v) is 5.11. The van der Waals surface area contributed by atoms with Gasteiger partial charge in [-0.2, -0.15) is 0 Å². The highest BCUT2D eigenvalue weighted by Gasteiger charge is 2.15. The Labute approximate surface area is 219 Å². The molecule has 4 heteroatoms. The first-order valence-corrected chi connectivity index (χ1v) is 12.5. The van der Waals surface area contributed by atoms with E-state index in [-0.39, 0.29) is 0 Å². The second kappa shape index (κ2) is 8.71. The van der Waals surface area contributed by atoms with E-state index in [4.69, 9.17) is 20.9 Å². The predicted octanol–water partition coefficient (Wildman–Crippen LogP) is 9.05. The third-order valence-electron chi connectivity index (χ3n) is 7.04. The van der Waals surface area contributed by atoms with Gasteiger partial charge in [0.2, 0.25) is 0 Å². The van der Waals surface area contributed by atoms with Gasteiger partial charge in [0.05, 0.1) is 0 Å². The smallest absolute Gasteiger partial charge is 0.170 e. The van der Waals surface area contributed by atoms with E-state index < -0.39 is 0 Å². The number of nitrogens with two attached hydrogens (primary N) is 2. The van der Waals surface area contributed by atoms with Crippen LogP contribution in [0.5, 0.6) is 23.0 Å². The summed E-state index contributed by atoms with van der Waals surface area (Å²) >= 11 is 0. The van der Waals surface area contributed by atoms with Crippen molar-refractivity contribution in [3.8, 4) is 23.0 Å². The Bertz CT molecular complexity index is 1870. The Kier molecular flexibility index (Phi) is 5.05. The van der Waals surface area contributed by atoms with E-state index in [1.807, 2.05) is 84.9 Å². The maximum Gasteiger partial charge on any atom is 0.170 e. The van der Waals surface area contributed by atoms with E-state index in [1.54, 1.807) is 0 Å². The van der Waals surface area contributed by atoms with Crippen LogP contribution in [0.2, 0.25) is 0 Å². The number of benzene rings is 7. The molecule has 7 aromatic carbocycles. The molecule has 0 fully saturated rings. The maximum atomic E-state index is 6.60. The average molecular weight is 493 g/mol. The molecule has 0 aliphatic carbocycles. The van der Waals surface area contributed by atoms with Crippen LogP contribution in [0.3, 0.4) is 0 Å². The zero-order valence-electron chi connectivity index (χ0n) is 20.5. The van der Waals surface area contributed by atoms with Crippen LogP contribution < -0.4 is 20.9 Å². The summed E-state index contributed by atoms with van der Waals surface area (Å²) in [7, 11) is 0. The number of anilines is 2. The summed E-state index contributed by atoms with van der Waals surface area (Å²) < 4.78 is 13.2. The molecule has 0 atom stereocenters. The molecule has 7 aromatic rings. The second-order valence-corrected chi connectivity index (χ2v) is 9.45. The fraction of sp³-hybridized carbons (Fsp3) is 0. The maximum absolute atomic E-state index is 6.60. The normalized spacial score (nSPS) is 11.4. The summed E-state index contributed by atoms with van der Waals surface area (Å²) in [6, 6.07) is 40.3. The van der Waals surface area contributed by atoms with Gasteiger partial charge in [0.15, 0.2) is 11.5 Å². The van der Waals surface area contributed by atoms with Crippen molar-refractivity contribution in [1.29, 1.82) is 0 Å². The molecule has 0 aliphatic heterocycles. The van der Waals surface area contributed by atoms with Crippen molar-refractivity contribution >= 4 is 54.5 Å². The average Bonchev–Trinajstić information content (AvgIpc) is 2.95. The first-order valence-electron chi connectivity index (χ1n) is 12.5. The topological polar surface area (TPSA) is 70.5 Å². The minimum Gasteiger partial charge on any atom is -0.453 e. The van der Waals surface area contributed by atoms with E-state index in [2.05, 4.69) is 36.4 Å². The van der Waals surface area contributed by atoms with Crippen molar-refractivity contribution in [2.75, 3.05) is 11.5 Å². The van der Waals surface area contributed by atoms with Gasteiger partial charge in [-0.15, -0.1) is 0 Å². The molecule has 7 rings (SSSR count). The number of ether oxygens (including phenoxy) is 2. The largest absolute Gasteiger partial charge is 0.453 e. The molecule has 38 heavy (non-hydrogen) atoms. The molecule has 0 aromatic heterocycles. The lowest BCUT2D eigenvalue weighted by molar-refractivity contribution is 0.425. The van der Waals surface area contributed by atoms with Crippen LogP contribution in [0.4, 0.5) is 11.4 Å². The summed E-state index contributed by atoms with van der Waals surface area (Å²) in [5.41, 5.74) is 13.9. The molecule has 0 aliphatic rings. The van der Waals surface area contributed by atoms with Crippen molar-refractivity contribution in [2.24, 2.45) is 0 Å². The van der Waals surface area contributed by atoms with E-state index in [0.717, 1.165) is 32.3 Å². The predicted molar refractivity (Wildman–Crippen MR) is 158 cm³/mol. The van der Waals surface area contributed by atoms with Crippen LogP contribution in [0.25, 0.3) is 43.1 Å². The Hall–Kier alpha value is -5.22. The molecule has 0 saturated heterocycles. The summed E-state index contributed by atoms with van der Waals surface area (Å²) in [6.45, 7) is 0. The highest BCUT2D eigenvalue weighted by Crippen LogP contribution is 2.43. The Balaban J connectivity index is 1.43. The minimum atomic E-state index is 0.614. The van der Waals surface area contributed by atoms with Crippen LogP contribution in [0.1, 0.15) is 0 Å². The number of nitrogen functional groups attached to an aromatic ring is 2. The molecule has 182 valence electrons. The van der Waals surface area contributed by atoms with Crippen LogP contribution in [-0.4, -0.2) is 0 Å². The summed E-state index contributed by atoms with van der Waals surface area (Å²) in [6.07, 6.45) is 0. The highest BCUT2D eigenvalue weighted by molar-refractivity contribution is 6.01. The van der Waals surface area contributed by atoms with E-state index in [9.17, 15) is 0 Å². The molecule has 0 heterocycles. The third kappa shape index (κ3) is 3.71. The van der Waals surface area contributed by atoms with Gasteiger partial charge in [-0.05, 0) is 70.1 Å². The lowest BCUT2D eigenvalue weighted by atomic mass is 10.0. The number of hydrogen-bond acceptors (Lipinski definition) is 4. The number of hydrogen-bond donors (Lipinski definition) is 2. The molecule has 4 nitrogen and oxygen atoms in total. The van der Waals surface area contributed by atoms with Crippen molar-refractivity contribution in [1.82, 2.24) is 0 Å². The van der Waals surface area contributed by atoms with E-state index >= 15 is 0 Å². The SMILES string of the molecule is Nc1ccc(Oc2cc3cc4ccccc4cc3cc2Oc2ccc(N)c3ccccc23)c2ccccc12. The molecular weight excluding hydrogens is 468 g/mol.